The molecule has 6 nitrogen and oxygen atoms in total. The number of unbranched alkanes of at least 4 members (excludes halogenated alkanes) is 9. The molecule has 2 unspecified atom stereocenters. The van der Waals surface area contributed by atoms with E-state index < -0.39 is 23.9 Å². The van der Waals surface area contributed by atoms with Crippen LogP contribution in [-0.2, 0) is 28.7 Å². The van der Waals surface area contributed by atoms with Crippen LogP contribution < -0.4 is 0 Å². The molecule has 2 aliphatic heterocycles. The van der Waals surface area contributed by atoms with Gasteiger partial charge in [-0.3, -0.25) is 14.4 Å². The maximum atomic E-state index is 11.2. The monoisotopic (exact) mass is 434 g/mol. The van der Waals surface area contributed by atoms with Gasteiger partial charge in [-0.25, -0.2) is 4.79 Å². The molecule has 0 aromatic heterocycles. The summed E-state index contributed by atoms with van der Waals surface area (Å²) in [7, 11) is 0. The molecule has 0 aromatic rings. The number of carbonyl (C=O) groups excluding carboxylic acids is 4. The first kappa shape index (κ1) is 26.8. The molecule has 0 N–H and O–H groups in total. The van der Waals surface area contributed by atoms with Crippen LogP contribution in [0.4, 0.5) is 0 Å². The Labute approximate surface area is 186 Å². The van der Waals surface area contributed by atoms with Crippen molar-refractivity contribution in [2.45, 2.75) is 97.3 Å². The normalized spacial score (nSPS) is 20.8. The van der Waals surface area contributed by atoms with Crippen LogP contribution in [0.15, 0.2) is 24.3 Å². The third-order valence-corrected chi connectivity index (χ3v) is 5.50. The van der Waals surface area contributed by atoms with E-state index in [0.29, 0.717) is 12.0 Å². The fourth-order valence-corrected chi connectivity index (χ4v) is 3.51. The number of esters is 4. The van der Waals surface area contributed by atoms with Gasteiger partial charge in [0.25, 0.3) is 0 Å². The van der Waals surface area contributed by atoms with Crippen molar-refractivity contribution in [3.05, 3.63) is 24.3 Å². The Balaban J connectivity index is 0.000000343. The minimum absolute atomic E-state index is 0.215. The predicted molar refractivity (Wildman–Crippen MR) is 119 cm³/mol. The lowest BCUT2D eigenvalue weighted by Crippen LogP contribution is -2.08. The molecule has 31 heavy (non-hydrogen) atoms. The molecule has 0 amide bonds. The molecule has 0 aromatic carbocycles. The summed E-state index contributed by atoms with van der Waals surface area (Å²) in [6.45, 7) is 7.79. The lowest BCUT2D eigenvalue weighted by Gasteiger charge is -2.02. The Morgan fingerprint density at radius 3 is 1.97 bits per heavy atom. The molecule has 2 fully saturated rings. The Kier molecular flexibility index (Phi) is 13.4. The number of hydrogen-bond donors (Lipinski definition) is 0. The SMILES string of the molecule is C=C1C(=O)OC(=O)C1CCCC.CCCCCCCCCCC=CC1CC(=O)OC1=O. The maximum Gasteiger partial charge on any atom is 0.341 e. The number of ether oxygens (including phenoxy) is 2. The first-order valence-electron chi connectivity index (χ1n) is 11.8. The molecule has 0 aliphatic carbocycles. The molecule has 2 saturated heterocycles. The Hall–Kier alpha value is -2.24. The predicted octanol–water partition coefficient (Wildman–Crippen LogP) is 5.60. The first-order valence-corrected chi connectivity index (χ1v) is 11.8. The minimum Gasteiger partial charge on any atom is -0.393 e. The topological polar surface area (TPSA) is 86.7 Å². The molecular weight excluding hydrogens is 396 g/mol. The Bertz CT molecular complexity index is 648. The van der Waals surface area contributed by atoms with Gasteiger partial charge in [0.1, 0.15) is 0 Å². The quantitative estimate of drug-likeness (QED) is 0.123. The van der Waals surface area contributed by atoms with E-state index in [0.717, 1.165) is 19.3 Å². The summed E-state index contributed by atoms with van der Waals surface area (Å²) in [5.74, 6) is -2.48. The zero-order valence-corrected chi connectivity index (χ0v) is 19.2. The van der Waals surface area contributed by atoms with Crippen LogP contribution in [0.3, 0.4) is 0 Å². The number of hydrogen-bond acceptors (Lipinski definition) is 6. The van der Waals surface area contributed by atoms with Crippen LogP contribution >= 0.6 is 0 Å². The largest absolute Gasteiger partial charge is 0.393 e. The highest BCUT2D eigenvalue weighted by Gasteiger charge is 2.36. The molecule has 6 heteroatoms. The average Bonchev–Trinajstić information content (AvgIpc) is 3.18. The van der Waals surface area contributed by atoms with Crippen molar-refractivity contribution < 1.29 is 28.7 Å². The standard InChI is InChI=1S/C16H26O3.C9H12O3/c1-2-3-4-5-6-7-8-9-10-11-12-14-13-15(17)19-16(14)18;1-3-4-5-7-6(2)8(10)12-9(7)11/h11-12,14H,2-10,13H2,1H3;7H,2-5H2,1H3. The minimum atomic E-state index is -0.555. The Morgan fingerprint density at radius 2 is 1.45 bits per heavy atom. The van der Waals surface area contributed by atoms with Crippen LogP contribution in [0.25, 0.3) is 0 Å². The number of cyclic esters (lactones) is 4. The molecule has 2 heterocycles. The van der Waals surface area contributed by atoms with E-state index in [1.807, 2.05) is 19.1 Å². The molecule has 0 saturated carbocycles. The van der Waals surface area contributed by atoms with Gasteiger partial charge < -0.3 is 9.47 Å². The van der Waals surface area contributed by atoms with E-state index in [9.17, 15) is 19.2 Å². The number of rotatable bonds is 13. The molecule has 2 aliphatic rings. The van der Waals surface area contributed by atoms with Crippen LogP contribution in [0.5, 0.6) is 0 Å². The third kappa shape index (κ3) is 10.6. The summed E-state index contributed by atoms with van der Waals surface area (Å²) in [6, 6.07) is 0. The third-order valence-electron chi connectivity index (χ3n) is 5.50. The second-order valence-corrected chi connectivity index (χ2v) is 8.22. The molecule has 0 bridgehead atoms. The smallest absolute Gasteiger partial charge is 0.341 e. The van der Waals surface area contributed by atoms with Crippen molar-refractivity contribution >= 4 is 23.9 Å². The fourth-order valence-electron chi connectivity index (χ4n) is 3.51. The van der Waals surface area contributed by atoms with E-state index in [4.69, 9.17) is 0 Å². The lowest BCUT2D eigenvalue weighted by molar-refractivity contribution is -0.154. The second-order valence-electron chi connectivity index (χ2n) is 8.22. The Morgan fingerprint density at radius 1 is 0.839 bits per heavy atom. The summed E-state index contributed by atoms with van der Waals surface area (Å²) in [5, 5.41) is 0. The summed E-state index contributed by atoms with van der Waals surface area (Å²) >= 11 is 0. The van der Waals surface area contributed by atoms with Gasteiger partial charge in [0, 0.05) is 5.57 Å². The van der Waals surface area contributed by atoms with Gasteiger partial charge in [-0.05, 0) is 19.3 Å². The van der Waals surface area contributed by atoms with E-state index in [1.165, 1.54) is 51.4 Å². The van der Waals surface area contributed by atoms with E-state index in [-0.39, 0.29) is 18.3 Å². The number of carbonyl (C=O) groups is 4. The summed E-state index contributed by atoms with van der Waals surface area (Å²) in [4.78, 5) is 43.9. The van der Waals surface area contributed by atoms with Gasteiger partial charge >= 0.3 is 23.9 Å². The van der Waals surface area contributed by atoms with Crippen molar-refractivity contribution in [3.8, 4) is 0 Å². The van der Waals surface area contributed by atoms with Crippen molar-refractivity contribution in [2.24, 2.45) is 11.8 Å². The van der Waals surface area contributed by atoms with Gasteiger partial charge in [0.15, 0.2) is 0 Å². The molecule has 0 radical (unpaired) electrons. The molecular formula is C25H38O6. The molecule has 0 spiro atoms. The molecule has 2 rings (SSSR count). The zero-order chi connectivity index (χ0) is 23.1. The van der Waals surface area contributed by atoms with Crippen LogP contribution in [-0.4, -0.2) is 23.9 Å². The molecule has 174 valence electrons. The summed E-state index contributed by atoms with van der Waals surface area (Å²) in [5.41, 5.74) is 0.313. The van der Waals surface area contributed by atoms with Crippen LogP contribution in [0, 0.1) is 11.8 Å². The summed E-state index contributed by atoms with van der Waals surface area (Å²) in [6.07, 6.45) is 18.1. The van der Waals surface area contributed by atoms with E-state index in [1.54, 1.807) is 0 Å². The highest BCUT2D eigenvalue weighted by atomic mass is 16.6. The number of allylic oxidation sites excluding steroid dienone is 1. The lowest BCUT2D eigenvalue weighted by atomic mass is 9.97. The van der Waals surface area contributed by atoms with Crippen molar-refractivity contribution in [3.63, 3.8) is 0 Å². The van der Waals surface area contributed by atoms with Gasteiger partial charge in [0.05, 0.1) is 18.3 Å². The van der Waals surface area contributed by atoms with Crippen molar-refractivity contribution in [1.82, 2.24) is 0 Å². The van der Waals surface area contributed by atoms with Gasteiger partial charge in [-0.2, -0.15) is 0 Å². The van der Waals surface area contributed by atoms with Gasteiger partial charge in [-0.1, -0.05) is 90.4 Å². The van der Waals surface area contributed by atoms with Crippen molar-refractivity contribution in [1.29, 1.82) is 0 Å². The highest BCUT2D eigenvalue weighted by molar-refractivity contribution is 6.07. The van der Waals surface area contributed by atoms with Gasteiger partial charge in [-0.15, -0.1) is 0 Å². The average molecular weight is 435 g/mol. The van der Waals surface area contributed by atoms with E-state index in [2.05, 4.69) is 23.0 Å². The summed E-state index contributed by atoms with van der Waals surface area (Å²) < 4.78 is 8.89. The fraction of sp³-hybridized carbons (Fsp3) is 0.680. The van der Waals surface area contributed by atoms with E-state index >= 15 is 0 Å². The molecule has 2 atom stereocenters. The van der Waals surface area contributed by atoms with Crippen LogP contribution in [0.2, 0.25) is 0 Å². The first-order chi connectivity index (χ1) is 14.9. The van der Waals surface area contributed by atoms with Crippen LogP contribution in [0.1, 0.15) is 97.3 Å². The van der Waals surface area contributed by atoms with Gasteiger partial charge in [0.2, 0.25) is 0 Å². The maximum absolute atomic E-state index is 11.2. The highest BCUT2D eigenvalue weighted by Crippen LogP contribution is 2.25. The second kappa shape index (κ2) is 15.5. The zero-order valence-electron chi connectivity index (χ0n) is 19.2. The van der Waals surface area contributed by atoms with Crippen molar-refractivity contribution in [2.75, 3.05) is 0 Å².